The van der Waals surface area contributed by atoms with Gasteiger partial charge >= 0.3 is 0 Å². The number of nitro groups is 1. The number of para-hydroxylation sites is 3. The molecule has 0 fully saturated rings. The first-order valence-electron chi connectivity index (χ1n) is 6.40. The summed E-state index contributed by atoms with van der Waals surface area (Å²) in [6.07, 6.45) is 0. The van der Waals surface area contributed by atoms with Crippen LogP contribution in [0, 0.1) is 10.1 Å². The van der Waals surface area contributed by atoms with Crippen molar-refractivity contribution >= 4 is 28.9 Å². The molecule has 2 aromatic rings. The van der Waals surface area contributed by atoms with Crippen LogP contribution in [0.3, 0.4) is 0 Å². The molecule has 0 radical (unpaired) electrons. The summed E-state index contributed by atoms with van der Waals surface area (Å²) in [5, 5.41) is 16.1. The van der Waals surface area contributed by atoms with Gasteiger partial charge in [-0.1, -0.05) is 24.3 Å². The monoisotopic (exact) mass is 299 g/mol. The van der Waals surface area contributed by atoms with E-state index >= 15 is 0 Å². The van der Waals surface area contributed by atoms with Gasteiger partial charge in [0.25, 0.3) is 11.6 Å². The average Bonchev–Trinajstić information content (AvgIpc) is 2.48. The molecule has 0 bridgehead atoms. The van der Waals surface area contributed by atoms with Crippen LogP contribution in [0.15, 0.2) is 48.5 Å². The SMILES string of the molecule is CC(=O)Nc1ccccc1NC(=O)c1ccccc1[N+](=O)[O-]. The maximum atomic E-state index is 12.2. The van der Waals surface area contributed by atoms with E-state index in [2.05, 4.69) is 10.6 Å². The Morgan fingerprint density at radius 2 is 1.50 bits per heavy atom. The van der Waals surface area contributed by atoms with Crippen molar-refractivity contribution < 1.29 is 14.5 Å². The van der Waals surface area contributed by atoms with Gasteiger partial charge in [0.05, 0.1) is 16.3 Å². The van der Waals surface area contributed by atoms with Gasteiger partial charge in [0, 0.05) is 13.0 Å². The number of anilines is 2. The van der Waals surface area contributed by atoms with Gasteiger partial charge in [-0.3, -0.25) is 19.7 Å². The van der Waals surface area contributed by atoms with E-state index in [9.17, 15) is 19.7 Å². The zero-order chi connectivity index (χ0) is 16.1. The van der Waals surface area contributed by atoms with Gasteiger partial charge < -0.3 is 10.6 Å². The van der Waals surface area contributed by atoms with Crippen molar-refractivity contribution in [2.75, 3.05) is 10.6 Å². The van der Waals surface area contributed by atoms with Gasteiger partial charge in [-0.05, 0) is 18.2 Å². The number of carbonyl (C=O) groups excluding carboxylic acids is 2. The highest BCUT2D eigenvalue weighted by Gasteiger charge is 2.19. The van der Waals surface area contributed by atoms with Crippen molar-refractivity contribution in [1.82, 2.24) is 0 Å². The van der Waals surface area contributed by atoms with Gasteiger partial charge in [-0.2, -0.15) is 0 Å². The Bertz CT molecular complexity index is 743. The van der Waals surface area contributed by atoms with Gasteiger partial charge in [0.15, 0.2) is 0 Å². The summed E-state index contributed by atoms with van der Waals surface area (Å²) in [7, 11) is 0. The molecule has 2 aromatic carbocycles. The van der Waals surface area contributed by atoms with Crippen molar-refractivity contribution in [1.29, 1.82) is 0 Å². The number of rotatable bonds is 4. The van der Waals surface area contributed by atoms with Crippen LogP contribution >= 0.6 is 0 Å². The van der Waals surface area contributed by atoms with Crippen LogP contribution in [-0.4, -0.2) is 16.7 Å². The van der Waals surface area contributed by atoms with Gasteiger partial charge in [-0.15, -0.1) is 0 Å². The number of carbonyl (C=O) groups is 2. The molecule has 0 saturated heterocycles. The number of nitrogens with zero attached hydrogens (tertiary/aromatic N) is 1. The number of amides is 2. The van der Waals surface area contributed by atoms with E-state index in [4.69, 9.17) is 0 Å². The predicted molar refractivity (Wildman–Crippen MR) is 81.8 cm³/mol. The highest BCUT2D eigenvalue weighted by Crippen LogP contribution is 2.24. The van der Waals surface area contributed by atoms with E-state index in [1.54, 1.807) is 30.3 Å². The van der Waals surface area contributed by atoms with Crippen molar-refractivity contribution in [2.45, 2.75) is 6.92 Å². The second-order valence-electron chi connectivity index (χ2n) is 4.46. The third-order valence-corrected chi connectivity index (χ3v) is 2.83. The summed E-state index contributed by atoms with van der Waals surface area (Å²) in [5.74, 6) is -0.905. The zero-order valence-corrected chi connectivity index (χ0v) is 11.7. The molecule has 2 amide bonds. The lowest BCUT2D eigenvalue weighted by Crippen LogP contribution is -2.16. The Balaban J connectivity index is 2.30. The molecule has 0 atom stereocenters. The molecular formula is C15H13N3O4. The second-order valence-corrected chi connectivity index (χ2v) is 4.46. The van der Waals surface area contributed by atoms with Crippen LogP contribution in [-0.2, 0) is 4.79 Å². The molecule has 0 heterocycles. The molecule has 7 nitrogen and oxygen atoms in total. The van der Waals surface area contributed by atoms with Crippen molar-refractivity contribution in [3.63, 3.8) is 0 Å². The molecule has 7 heteroatoms. The minimum atomic E-state index is -0.620. The van der Waals surface area contributed by atoms with E-state index in [0.29, 0.717) is 11.4 Å². The van der Waals surface area contributed by atoms with Crippen LogP contribution in [0.25, 0.3) is 0 Å². The number of nitrogens with one attached hydrogen (secondary N) is 2. The molecule has 2 rings (SSSR count). The molecule has 0 aliphatic rings. The Morgan fingerprint density at radius 3 is 2.09 bits per heavy atom. The van der Waals surface area contributed by atoms with Crippen LogP contribution in [0.1, 0.15) is 17.3 Å². The molecule has 0 aliphatic heterocycles. The normalized spacial score (nSPS) is 9.86. The zero-order valence-electron chi connectivity index (χ0n) is 11.7. The summed E-state index contributed by atoms with van der Waals surface area (Å²) < 4.78 is 0. The lowest BCUT2D eigenvalue weighted by molar-refractivity contribution is -0.385. The highest BCUT2D eigenvalue weighted by atomic mass is 16.6. The molecule has 2 N–H and O–H groups in total. The summed E-state index contributed by atoms with van der Waals surface area (Å²) in [5.41, 5.74) is 0.449. The number of nitro benzene ring substituents is 1. The quantitative estimate of drug-likeness (QED) is 0.669. The van der Waals surface area contributed by atoms with E-state index < -0.39 is 10.8 Å². The van der Waals surface area contributed by atoms with Crippen molar-refractivity contribution in [3.05, 3.63) is 64.2 Å². The molecule has 0 spiro atoms. The third-order valence-electron chi connectivity index (χ3n) is 2.83. The fraction of sp³-hybridized carbons (Fsp3) is 0.0667. The Hall–Kier alpha value is -3.22. The first-order chi connectivity index (χ1) is 10.5. The first-order valence-corrected chi connectivity index (χ1v) is 6.40. The topological polar surface area (TPSA) is 101 Å². The van der Waals surface area contributed by atoms with Gasteiger partial charge in [-0.25, -0.2) is 0 Å². The number of hydrogen-bond donors (Lipinski definition) is 2. The summed E-state index contributed by atoms with van der Waals surface area (Å²) >= 11 is 0. The Morgan fingerprint density at radius 1 is 0.955 bits per heavy atom. The van der Waals surface area contributed by atoms with E-state index in [1.807, 2.05) is 0 Å². The van der Waals surface area contributed by atoms with E-state index in [1.165, 1.54) is 25.1 Å². The summed E-state index contributed by atoms with van der Waals surface area (Å²) in [4.78, 5) is 33.7. The fourth-order valence-electron chi connectivity index (χ4n) is 1.91. The molecule has 0 unspecified atom stereocenters. The minimum Gasteiger partial charge on any atom is -0.325 e. The predicted octanol–water partition coefficient (Wildman–Crippen LogP) is 2.81. The molecule has 112 valence electrons. The first kappa shape index (κ1) is 15.2. The average molecular weight is 299 g/mol. The lowest BCUT2D eigenvalue weighted by Gasteiger charge is -2.11. The maximum Gasteiger partial charge on any atom is 0.282 e. The van der Waals surface area contributed by atoms with Crippen LogP contribution in [0.5, 0.6) is 0 Å². The maximum absolute atomic E-state index is 12.2. The van der Waals surface area contributed by atoms with Crippen molar-refractivity contribution in [3.8, 4) is 0 Å². The van der Waals surface area contributed by atoms with Gasteiger partial charge in [0.1, 0.15) is 5.56 Å². The number of benzene rings is 2. The standard InChI is InChI=1S/C15H13N3O4/c1-10(19)16-12-7-3-4-8-13(12)17-15(20)11-6-2-5-9-14(11)18(21)22/h2-9H,1H3,(H,16,19)(H,17,20). The molecule has 0 saturated carbocycles. The molecule has 22 heavy (non-hydrogen) atoms. The van der Waals surface area contributed by atoms with Crippen molar-refractivity contribution in [2.24, 2.45) is 0 Å². The van der Waals surface area contributed by atoms with Crippen LogP contribution in [0.2, 0.25) is 0 Å². The van der Waals surface area contributed by atoms with E-state index in [-0.39, 0.29) is 17.2 Å². The highest BCUT2D eigenvalue weighted by molar-refractivity contribution is 6.09. The number of hydrogen-bond acceptors (Lipinski definition) is 4. The van der Waals surface area contributed by atoms with Crippen LogP contribution in [0.4, 0.5) is 17.1 Å². The third kappa shape index (κ3) is 3.45. The minimum absolute atomic E-state index is 0.0508. The van der Waals surface area contributed by atoms with Gasteiger partial charge in [0.2, 0.25) is 5.91 Å². The molecular weight excluding hydrogens is 286 g/mol. The van der Waals surface area contributed by atoms with E-state index in [0.717, 1.165) is 0 Å². The Labute approximate surface area is 126 Å². The smallest absolute Gasteiger partial charge is 0.282 e. The molecule has 0 aliphatic carbocycles. The summed E-state index contributed by atoms with van der Waals surface area (Å²) in [6.45, 7) is 1.35. The summed E-state index contributed by atoms with van der Waals surface area (Å²) in [6, 6.07) is 12.3. The lowest BCUT2D eigenvalue weighted by atomic mass is 10.1. The molecule has 0 aromatic heterocycles. The Kier molecular flexibility index (Phi) is 4.47. The second kappa shape index (κ2) is 6.49. The fourth-order valence-corrected chi connectivity index (χ4v) is 1.91. The van der Waals surface area contributed by atoms with Crippen LogP contribution < -0.4 is 10.6 Å². The largest absolute Gasteiger partial charge is 0.325 e.